The molecule has 0 saturated heterocycles. The van der Waals surface area contributed by atoms with Crippen molar-refractivity contribution in [2.24, 2.45) is 0 Å². The average molecular weight is 418 g/mol. The monoisotopic (exact) mass is 418 g/mol. The van der Waals surface area contributed by atoms with Gasteiger partial charge < -0.3 is 10.1 Å². The molecule has 0 fully saturated rings. The van der Waals surface area contributed by atoms with E-state index in [2.05, 4.69) is 20.6 Å². The molecule has 0 aliphatic carbocycles. The molecule has 0 unspecified atom stereocenters. The van der Waals surface area contributed by atoms with Crippen molar-refractivity contribution in [3.63, 3.8) is 0 Å². The van der Waals surface area contributed by atoms with Crippen LogP contribution in [0.1, 0.15) is 27.6 Å². The minimum Gasteiger partial charge on any atom is -0.494 e. The van der Waals surface area contributed by atoms with E-state index in [0.717, 1.165) is 16.0 Å². The van der Waals surface area contributed by atoms with Crippen LogP contribution >= 0.6 is 11.3 Å². The van der Waals surface area contributed by atoms with Gasteiger partial charge in [-0.05, 0) is 55.5 Å². The maximum atomic E-state index is 12.7. The molecule has 2 N–H and O–H groups in total. The SMILES string of the molecule is CCOc1ccc2nc(NC(=O)c3cccc(NC(=O)c4cccnc4)c3)sc2c1. The maximum absolute atomic E-state index is 12.7. The van der Waals surface area contributed by atoms with Crippen LogP contribution in [0.25, 0.3) is 10.2 Å². The predicted molar refractivity (Wildman–Crippen MR) is 117 cm³/mol. The molecule has 2 aromatic carbocycles. The summed E-state index contributed by atoms with van der Waals surface area (Å²) in [6, 6.07) is 15.7. The lowest BCUT2D eigenvalue weighted by atomic mass is 10.2. The Bertz CT molecular complexity index is 1210. The number of hydrogen-bond donors (Lipinski definition) is 2. The number of anilines is 2. The summed E-state index contributed by atoms with van der Waals surface area (Å²) in [6.45, 7) is 2.51. The summed E-state index contributed by atoms with van der Waals surface area (Å²) in [5.74, 6) is 0.164. The van der Waals surface area contributed by atoms with Gasteiger partial charge in [-0.2, -0.15) is 0 Å². The second kappa shape index (κ2) is 8.71. The second-order valence-corrected chi connectivity index (χ2v) is 7.34. The van der Waals surface area contributed by atoms with Gasteiger partial charge in [0, 0.05) is 23.6 Å². The zero-order valence-corrected chi connectivity index (χ0v) is 16.9. The molecule has 4 rings (SSSR count). The zero-order chi connectivity index (χ0) is 20.9. The Morgan fingerprint density at radius 2 is 1.83 bits per heavy atom. The van der Waals surface area contributed by atoms with Gasteiger partial charge >= 0.3 is 0 Å². The van der Waals surface area contributed by atoms with Crippen molar-refractivity contribution in [2.75, 3.05) is 17.2 Å². The highest BCUT2D eigenvalue weighted by Crippen LogP contribution is 2.29. The van der Waals surface area contributed by atoms with Gasteiger partial charge in [-0.1, -0.05) is 17.4 Å². The van der Waals surface area contributed by atoms with Crippen molar-refractivity contribution in [1.29, 1.82) is 0 Å². The van der Waals surface area contributed by atoms with E-state index in [4.69, 9.17) is 4.74 Å². The van der Waals surface area contributed by atoms with Gasteiger partial charge in [-0.15, -0.1) is 0 Å². The summed E-state index contributed by atoms with van der Waals surface area (Å²) in [6.07, 6.45) is 3.08. The first kappa shape index (κ1) is 19.5. The molecule has 0 aliphatic heterocycles. The third-order valence-electron chi connectivity index (χ3n) is 4.20. The van der Waals surface area contributed by atoms with Crippen molar-refractivity contribution in [2.45, 2.75) is 6.92 Å². The van der Waals surface area contributed by atoms with Gasteiger partial charge in [-0.25, -0.2) is 4.98 Å². The molecule has 0 aliphatic rings. The van der Waals surface area contributed by atoms with Gasteiger partial charge in [0.15, 0.2) is 5.13 Å². The van der Waals surface area contributed by atoms with Gasteiger partial charge in [-0.3, -0.25) is 19.9 Å². The van der Waals surface area contributed by atoms with Crippen molar-refractivity contribution in [3.05, 3.63) is 78.1 Å². The van der Waals surface area contributed by atoms with Crippen LogP contribution in [0.4, 0.5) is 10.8 Å². The molecule has 2 aromatic heterocycles. The van der Waals surface area contributed by atoms with E-state index in [9.17, 15) is 9.59 Å². The van der Waals surface area contributed by atoms with E-state index in [1.807, 2.05) is 25.1 Å². The molecule has 4 aromatic rings. The Balaban J connectivity index is 1.48. The number of amides is 2. The van der Waals surface area contributed by atoms with E-state index in [0.29, 0.717) is 28.6 Å². The lowest BCUT2D eigenvalue weighted by Crippen LogP contribution is -2.14. The molecule has 0 radical (unpaired) electrons. The molecule has 8 heteroatoms. The number of carbonyl (C=O) groups excluding carboxylic acids is 2. The number of nitrogens with zero attached hydrogens (tertiary/aromatic N) is 2. The molecule has 2 amide bonds. The van der Waals surface area contributed by atoms with E-state index in [-0.39, 0.29) is 11.8 Å². The number of carbonyl (C=O) groups is 2. The Morgan fingerprint density at radius 1 is 1.00 bits per heavy atom. The van der Waals surface area contributed by atoms with E-state index in [1.165, 1.54) is 17.5 Å². The first-order chi connectivity index (χ1) is 14.6. The van der Waals surface area contributed by atoms with Crippen LogP contribution in [0.15, 0.2) is 67.0 Å². The Morgan fingerprint density at radius 3 is 2.63 bits per heavy atom. The summed E-state index contributed by atoms with van der Waals surface area (Å²) in [4.78, 5) is 33.3. The molecule has 0 spiro atoms. The highest BCUT2D eigenvalue weighted by Gasteiger charge is 2.12. The van der Waals surface area contributed by atoms with Crippen LogP contribution < -0.4 is 15.4 Å². The normalized spacial score (nSPS) is 10.6. The quantitative estimate of drug-likeness (QED) is 0.478. The number of pyridine rings is 1. The number of thiazole rings is 1. The van der Waals surface area contributed by atoms with Crippen molar-refractivity contribution < 1.29 is 14.3 Å². The molecule has 30 heavy (non-hydrogen) atoms. The molecule has 0 atom stereocenters. The zero-order valence-electron chi connectivity index (χ0n) is 16.1. The number of rotatable bonds is 6. The van der Waals surface area contributed by atoms with E-state index >= 15 is 0 Å². The molecular formula is C22H18N4O3S. The van der Waals surface area contributed by atoms with Crippen LogP contribution in [0.2, 0.25) is 0 Å². The van der Waals surface area contributed by atoms with Crippen LogP contribution in [0.5, 0.6) is 5.75 Å². The fraction of sp³-hybridized carbons (Fsp3) is 0.0909. The van der Waals surface area contributed by atoms with Crippen molar-refractivity contribution in [1.82, 2.24) is 9.97 Å². The second-order valence-electron chi connectivity index (χ2n) is 6.31. The van der Waals surface area contributed by atoms with Gasteiger partial charge in [0.2, 0.25) is 0 Å². The summed E-state index contributed by atoms with van der Waals surface area (Å²) < 4.78 is 6.43. The fourth-order valence-corrected chi connectivity index (χ4v) is 3.71. The summed E-state index contributed by atoms with van der Waals surface area (Å²) in [7, 11) is 0. The molecule has 7 nitrogen and oxygen atoms in total. The lowest BCUT2D eigenvalue weighted by Gasteiger charge is -2.07. The van der Waals surface area contributed by atoms with Gasteiger partial charge in [0.25, 0.3) is 11.8 Å². The number of benzene rings is 2. The minimum atomic E-state index is -0.309. The van der Waals surface area contributed by atoms with Crippen LogP contribution in [-0.2, 0) is 0 Å². The minimum absolute atomic E-state index is 0.295. The summed E-state index contributed by atoms with van der Waals surface area (Å²) >= 11 is 1.37. The Labute approximate surface area is 176 Å². The average Bonchev–Trinajstić information content (AvgIpc) is 3.16. The maximum Gasteiger partial charge on any atom is 0.257 e. The first-order valence-corrected chi connectivity index (χ1v) is 10.1. The van der Waals surface area contributed by atoms with E-state index < -0.39 is 0 Å². The summed E-state index contributed by atoms with van der Waals surface area (Å²) in [5.41, 5.74) is 2.15. The molecular weight excluding hydrogens is 400 g/mol. The number of ether oxygens (including phenoxy) is 1. The molecule has 150 valence electrons. The van der Waals surface area contributed by atoms with Gasteiger partial charge in [0.1, 0.15) is 5.75 Å². The number of aromatic nitrogens is 2. The molecule has 0 saturated carbocycles. The largest absolute Gasteiger partial charge is 0.494 e. The fourth-order valence-electron chi connectivity index (χ4n) is 2.82. The van der Waals surface area contributed by atoms with Crippen LogP contribution in [0.3, 0.4) is 0 Å². The van der Waals surface area contributed by atoms with Crippen molar-refractivity contribution in [3.8, 4) is 5.75 Å². The van der Waals surface area contributed by atoms with Crippen molar-refractivity contribution >= 4 is 44.2 Å². The molecule has 2 heterocycles. The third-order valence-corrected chi connectivity index (χ3v) is 5.13. The summed E-state index contributed by atoms with van der Waals surface area (Å²) in [5, 5.41) is 6.08. The molecule has 0 bridgehead atoms. The highest BCUT2D eigenvalue weighted by atomic mass is 32.1. The highest BCUT2D eigenvalue weighted by molar-refractivity contribution is 7.22. The third kappa shape index (κ3) is 4.44. The smallest absolute Gasteiger partial charge is 0.257 e. The van der Waals surface area contributed by atoms with E-state index in [1.54, 1.807) is 42.6 Å². The van der Waals surface area contributed by atoms with Crippen LogP contribution in [0, 0.1) is 0 Å². The number of nitrogens with one attached hydrogen (secondary N) is 2. The van der Waals surface area contributed by atoms with Crippen LogP contribution in [-0.4, -0.2) is 28.4 Å². The number of fused-ring (bicyclic) bond motifs is 1. The standard InChI is InChI=1S/C22H18N4O3S/c1-2-29-17-8-9-18-19(12-17)30-22(25-18)26-20(27)14-5-3-7-16(11-14)24-21(28)15-6-4-10-23-13-15/h3-13H,2H2,1H3,(H,24,28)(H,25,26,27). The Hall–Kier alpha value is -3.78. The number of hydrogen-bond acceptors (Lipinski definition) is 6. The lowest BCUT2D eigenvalue weighted by molar-refractivity contribution is 0.101. The topological polar surface area (TPSA) is 93.2 Å². The Kier molecular flexibility index (Phi) is 5.67. The first-order valence-electron chi connectivity index (χ1n) is 9.28. The predicted octanol–water partition coefficient (Wildman–Crippen LogP) is 4.59. The van der Waals surface area contributed by atoms with Gasteiger partial charge in [0.05, 0.1) is 22.4 Å².